The molecule has 0 aliphatic carbocycles. The van der Waals surface area contributed by atoms with Crippen molar-refractivity contribution in [2.75, 3.05) is 18.4 Å². The van der Waals surface area contributed by atoms with Crippen LogP contribution in [0.2, 0.25) is 0 Å². The molecule has 8 nitrogen and oxygen atoms in total. The summed E-state index contributed by atoms with van der Waals surface area (Å²) in [5.41, 5.74) is 2.53. The van der Waals surface area contributed by atoms with Crippen LogP contribution in [0.1, 0.15) is 33.7 Å². The lowest BCUT2D eigenvalue weighted by atomic mass is 10.0. The number of fused-ring (bicyclic) bond motifs is 1. The molecule has 1 aliphatic rings. The maximum absolute atomic E-state index is 12.4. The Kier molecular flexibility index (Phi) is 5.35. The van der Waals surface area contributed by atoms with Crippen molar-refractivity contribution < 1.29 is 4.79 Å². The standard InChI is InChI=1S/C22H22N6O2S/c29-20(23-15-6-2-1-3-7-15)21-26-25-19(31-21)14-27-12-10-16(11-13-27)28-18-9-5-4-8-17(18)24-22(28)30/h1-9,16H,10-14H2,(H,23,29)(H,24,30). The van der Waals surface area contributed by atoms with Gasteiger partial charge in [0.2, 0.25) is 5.01 Å². The highest BCUT2D eigenvalue weighted by molar-refractivity contribution is 7.13. The minimum atomic E-state index is -0.243. The Hall–Kier alpha value is -3.30. The highest BCUT2D eigenvalue weighted by Crippen LogP contribution is 2.26. The topological polar surface area (TPSA) is 95.9 Å². The Labute approximate surface area is 182 Å². The van der Waals surface area contributed by atoms with Gasteiger partial charge in [-0.2, -0.15) is 0 Å². The number of nitrogens with zero attached hydrogens (tertiary/aromatic N) is 4. The molecular formula is C22H22N6O2S. The number of aromatic nitrogens is 4. The highest BCUT2D eigenvalue weighted by Gasteiger charge is 2.24. The molecule has 5 rings (SSSR count). The van der Waals surface area contributed by atoms with Gasteiger partial charge in [-0.1, -0.05) is 41.7 Å². The molecule has 0 unspecified atom stereocenters. The third kappa shape index (κ3) is 4.14. The van der Waals surface area contributed by atoms with Gasteiger partial charge in [-0.25, -0.2) is 4.79 Å². The van der Waals surface area contributed by atoms with Crippen molar-refractivity contribution in [1.29, 1.82) is 0 Å². The van der Waals surface area contributed by atoms with E-state index >= 15 is 0 Å². The first-order chi connectivity index (χ1) is 15.2. The second-order valence-electron chi connectivity index (χ2n) is 7.65. The first-order valence-corrected chi connectivity index (χ1v) is 11.1. The van der Waals surface area contributed by atoms with Gasteiger partial charge in [0.05, 0.1) is 17.6 Å². The molecular weight excluding hydrogens is 412 g/mol. The number of H-pyrrole nitrogens is 1. The number of hydrogen-bond acceptors (Lipinski definition) is 6. The molecule has 0 spiro atoms. The Morgan fingerprint density at radius 3 is 2.61 bits per heavy atom. The Morgan fingerprint density at radius 1 is 1.06 bits per heavy atom. The average molecular weight is 435 g/mol. The number of para-hydroxylation sites is 3. The summed E-state index contributed by atoms with van der Waals surface area (Å²) in [5.74, 6) is -0.243. The van der Waals surface area contributed by atoms with Crippen LogP contribution in [0.3, 0.4) is 0 Å². The molecule has 0 saturated carbocycles. The van der Waals surface area contributed by atoms with Crippen molar-refractivity contribution in [3.05, 3.63) is 75.1 Å². The predicted molar refractivity (Wildman–Crippen MR) is 120 cm³/mol. The van der Waals surface area contributed by atoms with Gasteiger partial charge >= 0.3 is 5.69 Å². The van der Waals surface area contributed by atoms with Crippen LogP contribution in [0.25, 0.3) is 11.0 Å². The van der Waals surface area contributed by atoms with E-state index in [0.717, 1.165) is 47.7 Å². The quantitative estimate of drug-likeness (QED) is 0.503. The van der Waals surface area contributed by atoms with Crippen LogP contribution in [-0.2, 0) is 6.54 Å². The van der Waals surface area contributed by atoms with E-state index in [9.17, 15) is 9.59 Å². The fourth-order valence-electron chi connectivity index (χ4n) is 4.08. The van der Waals surface area contributed by atoms with Crippen LogP contribution >= 0.6 is 11.3 Å². The summed E-state index contributed by atoms with van der Waals surface area (Å²) in [6.45, 7) is 2.38. The van der Waals surface area contributed by atoms with E-state index in [2.05, 4.69) is 25.4 Å². The number of carbonyl (C=O) groups excluding carboxylic acids is 1. The van der Waals surface area contributed by atoms with Crippen molar-refractivity contribution in [2.24, 2.45) is 0 Å². The van der Waals surface area contributed by atoms with E-state index in [-0.39, 0.29) is 17.6 Å². The van der Waals surface area contributed by atoms with Gasteiger partial charge in [0, 0.05) is 24.8 Å². The van der Waals surface area contributed by atoms with Gasteiger partial charge in [-0.3, -0.25) is 14.3 Å². The van der Waals surface area contributed by atoms with Crippen LogP contribution in [0.5, 0.6) is 0 Å². The molecule has 0 atom stereocenters. The second-order valence-corrected chi connectivity index (χ2v) is 8.71. The third-order valence-corrected chi connectivity index (χ3v) is 6.50. The van der Waals surface area contributed by atoms with Crippen LogP contribution in [0.4, 0.5) is 5.69 Å². The molecule has 1 fully saturated rings. The lowest BCUT2D eigenvalue weighted by Gasteiger charge is -2.31. The number of hydrogen-bond donors (Lipinski definition) is 2. The van der Waals surface area contributed by atoms with Crippen molar-refractivity contribution >= 4 is 34.0 Å². The number of rotatable bonds is 5. The van der Waals surface area contributed by atoms with Crippen molar-refractivity contribution in [1.82, 2.24) is 24.6 Å². The summed E-state index contributed by atoms with van der Waals surface area (Å²) >= 11 is 1.32. The normalized spacial score (nSPS) is 15.4. The van der Waals surface area contributed by atoms with Gasteiger partial charge < -0.3 is 10.3 Å². The summed E-state index contributed by atoms with van der Waals surface area (Å²) in [7, 11) is 0. The molecule has 0 bridgehead atoms. The first kappa shape index (κ1) is 19.7. The fraction of sp³-hybridized carbons (Fsp3) is 0.273. The maximum Gasteiger partial charge on any atom is 0.326 e. The number of anilines is 1. The molecule has 1 saturated heterocycles. The molecule has 0 radical (unpaired) electrons. The van der Waals surface area contributed by atoms with Gasteiger partial charge in [-0.15, -0.1) is 10.2 Å². The number of aromatic amines is 1. The Bertz CT molecular complexity index is 1250. The first-order valence-electron chi connectivity index (χ1n) is 10.3. The summed E-state index contributed by atoms with van der Waals surface area (Å²) in [4.78, 5) is 30.1. The van der Waals surface area contributed by atoms with E-state index in [4.69, 9.17) is 0 Å². The predicted octanol–water partition coefficient (Wildman–Crippen LogP) is 3.27. The Balaban J connectivity index is 1.20. The number of piperidine rings is 1. The van der Waals surface area contributed by atoms with Crippen LogP contribution in [0.15, 0.2) is 59.4 Å². The fourth-order valence-corrected chi connectivity index (χ4v) is 4.86. The molecule has 9 heteroatoms. The number of nitrogens with one attached hydrogen (secondary N) is 2. The monoisotopic (exact) mass is 434 g/mol. The summed E-state index contributed by atoms with van der Waals surface area (Å²) in [6.07, 6.45) is 1.78. The number of benzene rings is 2. The van der Waals surface area contributed by atoms with E-state index in [0.29, 0.717) is 11.6 Å². The summed E-state index contributed by atoms with van der Waals surface area (Å²) in [6, 6.07) is 17.3. The average Bonchev–Trinajstić information content (AvgIpc) is 3.39. The van der Waals surface area contributed by atoms with E-state index in [1.807, 2.05) is 59.2 Å². The SMILES string of the molecule is O=C(Nc1ccccc1)c1nnc(CN2CCC(n3c(=O)[nH]c4ccccc43)CC2)s1. The number of carbonyl (C=O) groups is 1. The van der Waals surface area contributed by atoms with Gasteiger partial charge in [-0.05, 0) is 37.1 Å². The van der Waals surface area contributed by atoms with E-state index in [1.54, 1.807) is 0 Å². The minimum Gasteiger partial charge on any atom is -0.320 e. The molecule has 3 heterocycles. The largest absolute Gasteiger partial charge is 0.326 e. The molecule has 1 aliphatic heterocycles. The van der Waals surface area contributed by atoms with E-state index < -0.39 is 0 Å². The number of imidazole rings is 1. The summed E-state index contributed by atoms with van der Waals surface area (Å²) < 4.78 is 1.89. The lowest BCUT2D eigenvalue weighted by Crippen LogP contribution is -2.36. The molecule has 1 amide bonds. The zero-order valence-electron chi connectivity index (χ0n) is 16.8. The molecule has 31 heavy (non-hydrogen) atoms. The third-order valence-electron chi connectivity index (χ3n) is 5.60. The number of likely N-dealkylation sites (tertiary alicyclic amines) is 1. The lowest BCUT2D eigenvalue weighted by molar-refractivity contribution is 0.102. The molecule has 2 aromatic heterocycles. The van der Waals surface area contributed by atoms with E-state index in [1.165, 1.54) is 11.3 Å². The van der Waals surface area contributed by atoms with Gasteiger partial charge in [0.25, 0.3) is 5.91 Å². The summed E-state index contributed by atoms with van der Waals surface area (Å²) in [5, 5.41) is 12.3. The van der Waals surface area contributed by atoms with Crippen LogP contribution < -0.4 is 11.0 Å². The maximum atomic E-state index is 12.4. The molecule has 4 aromatic rings. The smallest absolute Gasteiger partial charge is 0.320 e. The van der Waals surface area contributed by atoms with Crippen LogP contribution in [0, 0.1) is 0 Å². The molecule has 2 N–H and O–H groups in total. The zero-order valence-corrected chi connectivity index (χ0v) is 17.6. The van der Waals surface area contributed by atoms with Crippen molar-refractivity contribution in [2.45, 2.75) is 25.4 Å². The van der Waals surface area contributed by atoms with Crippen molar-refractivity contribution in [3.8, 4) is 0 Å². The minimum absolute atomic E-state index is 0.0437. The zero-order chi connectivity index (χ0) is 21.2. The molecule has 158 valence electrons. The number of amides is 1. The van der Waals surface area contributed by atoms with Gasteiger partial charge in [0.1, 0.15) is 5.01 Å². The Morgan fingerprint density at radius 2 is 1.81 bits per heavy atom. The second kappa shape index (κ2) is 8.44. The van der Waals surface area contributed by atoms with Crippen LogP contribution in [-0.4, -0.2) is 43.6 Å². The van der Waals surface area contributed by atoms with Crippen molar-refractivity contribution in [3.63, 3.8) is 0 Å². The molecule has 2 aromatic carbocycles. The van der Waals surface area contributed by atoms with Gasteiger partial charge in [0.15, 0.2) is 0 Å². The highest BCUT2D eigenvalue weighted by atomic mass is 32.1.